The molecule has 0 bridgehead atoms. The summed E-state index contributed by atoms with van der Waals surface area (Å²) in [7, 11) is 3.50. The zero-order chi connectivity index (χ0) is 21.9. The molecule has 0 saturated carbocycles. The Morgan fingerprint density at radius 1 is 1.10 bits per heavy atom. The highest BCUT2D eigenvalue weighted by Gasteiger charge is 2.21. The van der Waals surface area contributed by atoms with Gasteiger partial charge in [-0.25, -0.2) is 0 Å². The van der Waals surface area contributed by atoms with Crippen molar-refractivity contribution in [3.8, 4) is 17.1 Å². The third-order valence-corrected chi connectivity index (χ3v) is 5.99. The van der Waals surface area contributed by atoms with Crippen LogP contribution in [-0.4, -0.2) is 33.0 Å². The molecule has 1 atom stereocenters. The van der Waals surface area contributed by atoms with Gasteiger partial charge in [-0.15, -0.1) is 10.2 Å². The van der Waals surface area contributed by atoms with E-state index in [-0.39, 0.29) is 16.6 Å². The van der Waals surface area contributed by atoms with Gasteiger partial charge in [-0.05, 0) is 30.0 Å². The number of nitrogens with one attached hydrogen (secondary N) is 1. The average Bonchev–Trinajstić information content (AvgIpc) is 3.08. The van der Waals surface area contributed by atoms with Crippen LogP contribution < -0.4 is 10.1 Å². The van der Waals surface area contributed by atoms with E-state index >= 15 is 0 Å². The number of amides is 1. The van der Waals surface area contributed by atoms with Crippen molar-refractivity contribution in [2.24, 2.45) is 7.05 Å². The molecule has 0 spiro atoms. The summed E-state index contributed by atoms with van der Waals surface area (Å²) >= 11 is 1.37. The van der Waals surface area contributed by atoms with Crippen molar-refractivity contribution in [1.82, 2.24) is 14.8 Å². The number of aromatic nitrogens is 3. The zero-order valence-corrected chi connectivity index (χ0v) is 19.1. The molecule has 0 aliphatic carbocycles. The van der Waals surface area contributed by atoms with Crippen LogP contribution in [0, 0.1) is 0 Å². The summed E-state index contributed by atoms with van der Waals surface area (Å²) in [6, 6.07) is 15.7. The lowest BCUT2D eigenvalue weighted by Crippen LogP contribution is -2.23. The molecule has 1 N–H and O–H groups in total. The molecule has 2 aromatic carbocycles. The third-order valence-electron chi connectivity index (χ3n) is 4.86. The molecule has 1 unspecified atom stereocenters. The van der Waals surface area contributed by atoms with Crippen LogP contribution in [-0.2, 0) is 17.3 Å². The van der Waals surface area contributed by atoms with Gasteiger partial charge in [0.15, 0.2) is 11.0 Å². The number of para-hydroxylation sites is 2. The van der Waals surface area contributed by atoms with Gasteiger partial charge in [0.1, 0.15) is 5.75 Å². The molecule has 158 valence electrons. The summed E-state index contributed by atoms with van der Waals surface area (Å²) in [4.78, 5) is 12.7. The Balaban J connectivity index is 1.72. The Bertz CT molecular complexity index is 1020. The SMILES string of the molecule is COc1ccccc1NC(=O)C(C)Sc1nnc(-c2ccc(C(C)(C)C)cc2)n1C. The van der Waals surface area contributed by atoms with Gasteiger partial charge in [0, 0.05) is 12.6 Å². The number of rotatable bonds is 6. The maximum atomic E-state index is 12.7. The number of nitrogens with zero attached hydrogens (tertiary/aromatic N) is 3. The van der Waals surface area contributed by atoms with E-state index in [4.69, 9.17) is 4.74 Å². The van der Waals surface area contributed by atoms with Gasteiger partial charge in [0.2, 0.25) is 5.91 Å². The van der Waals surface area contributed by atoms with Crippen molar-refractivity contribution in [3.05, 3.63) is 54.1 Å². The van der Waals surface area contributed by atoms with E-state index in [2.05, 4.69) is 60.6 Å². The molecular weight excluding hydrogens is 396 g/mol. The van der Waals surface area contributed by atoms with E-state index in [1.165, 1.54) is 17.3 Å². The van der Waals surface area contributed by atoms with Crippen LogP contribution in [0.4, 0.5) is 5.69 Å². The highest BCUT2D eigenvalue weighted by Crippen LogP contribution is 2.29. The molecule has 30 heavy (non-hydrogen) atoms. The first-order chi connectivity index (χ1) is 14.2. The zero-order valence-electron chi connectivity index (χ0n) is 18.3. The van der Waals surface area contributed by atoms with Crippen LogP contribution in [0.15, 0.2) is 53.7 Å². The molecule has 7 heteroatoms. The number of thioether (sulfide) groups is 1. The third kappa shape index (κ3) is 4.84. The van der Waals surface area contributed by atoms with Crippen molar-refractivity contribution in [3.63, 3.8) is 0 Å². The number of carbonyl (C=O) groups is 1. The first kappa shape index (κ1) is 21.9. The second kappa shape index (κ2) is 8.92. The Labute approximate surface area is 182 Å². The molecule has 6 nitrogen and oxygen atoms in total. The van der Waals surface area contributed by atoms with Gasteiger partial charge >= 0.3 is 0 Å². The average molecular weight is 425 g/mol. The molecule has 1 amide bonds. The molecule has 0 radical (unpaired) electrons. The second-order valence-corrected chi connectivity index (χ2v) is 9.45. The van der Waals surface area contributed by atoms with Crippen LogP contribution in [0.1, 0.15) is 33.3 Å². The molecule has 0 aliphatic rings. The maximum absolute atomic E-state index is 12.7. The van der Waals surface area contributed by atoms with Gasteiger partial charge in [0.25, 0.3) is 0 Å². The van der Waals surface area contributed by atoms with Gasteiger partial charge in [-0.1, -0.05) is 68.9 Å². The van der Waals surface area contributed by atoms with Crippen molar-refractivity contribution >= 4 is 23.4 Å². The van der Waals surface area contributed by atoms with Crippen molar-refractivity contribution in [1.29, 1.82) is 0 Å². The summed E-state index contributed by atoms with van der Waals surface area (Å²) in [5, 5.41) is 11.9. The van der Waals surface area contributed by atoms with E-state index in [0.717, 1.165) is 11.4 Å². The summed E-state index contributed by atoms with van der Waals surface area (Å²) in [6.07, 6.45) is 0. The Morgan fingerprint density at radius 3 is 2.40 bits per heavy atom. The maximum Gasteiger partial charge on any atom is 0.237 e. The van der Waals surface area contributed by atoms with Crippen molar-refractivity contribution < 1.29 is 9.53 Å². The lowest BCUT2D eigenvalue weighted by Gasteiger charge is -2.19. The summed E-state index contributed by atoms with van der Waals surface area (Å²) in [5.74, 6) is 1.28. The van der Waals surface area contributed by atoms with Crippen molar-refractivity contribution in [2.45, 2.75) is 43.5 Å². The fourth-order valence-electron chi connectivity index (χ4n) is 2.98. The summed E-state index contributed by atoms with van der Waals surface area (Å²) in [5.41, 5.74) is 3.01. The first-order valence-electron chi connectivity index (χ1n) is 9.81. The number of hydrogen-bond donors (Lipinski definition) is 1. The highest BCUT2D eigenvalue weighted by molar-refractivity contribution is 8.00. The van der Waals surface area contributed by atoms with Crippen LogP contribution in [0.3, 0.4) is 0 Å². The minimum Gasteiger partial charge on any atom is -0.495 e. The quantitative estimate of drug-likeness (QED) is 0.570. The van der Waals surface area contributed by atoms with Crippen molar-refractivity contribution in [2.75, 3.05) is 12.4 Å². The monoisotopic (exact) mass is 424 g/mol. The van der Waals surface area contributed by atoms with Gasteiger partial charge in [-0.2, -0.15) is 0 Å². The molecule has 0 saturated heterocycles. The van der Waals surface area contributed by atoms with E-state index in [1.54, 1.807) is 7.11 Å². The predicted molar refractivity (Wildman–Crippen MR) is 122 cm³/mol. The van der Waals surface area contributed by atoms with E-state index < -0.39 is 0 Å². The fourth-order valence-corrected chi connectivity index (χ4v) is 3.80. The topological polar surface area (TPSA) is 69.0 Å². The smallest absolute Gasteiger partial charge is 0.237 e. The largest absolute Gasteiger partial charge is 0.495 e. The molecule has 1 heterocycles. The van der Waals surface area contributed by atoms with Crippen LogP contribution in [0.2, 0.25) is 0 Å². The predicted octanol–water partition coefficient (Wildman–Crippen LogP) is 4.91. The number of hydrogen-bond acceptors (Lipinski definition) is 5. The molecular formula is C23H28N4O2S. The van der Waals surface area contributed by atoms with Crippen LogP contribution >= 0.6 is 11.8 Å². The summed E-state index contributed by atoms with van der Waals surface area (Å²) in [6.45, 7) is 8.42. The minimum absolute atomic E-state index is 0.101. The first-order valence-corrected chi connectivity index (χ1v) is 10.7. The lowest BCUT2D eigenvalue weighted by atomic mass is 9.87. The minimum atomic E-state index is -0.353. The van der Waals surface area contributed by atoms with Gasteiger partial charge < -0.3 is 14.6 Å². The standard InChI is InChI=1S/C23H28N4O2S/c1-15(21(28)24-18-9-7-8-10-19(18)29-6)30-22-26-25-20(27(22)5)16-11-13-17(14-12-16)23(2,3)4/h7-15H,1-6H3,(H,24,28). The lowest BCUT2D eigenvalue weighted by molar-refractivity contribution is -0.115. The molecule has 3 aromatic rings. The number of ether oxygens (including phenoxy) is 1. The van der Waals surface area contributed by atoms with E-state index in [1.807, 2.05) is 42.8 Å². The molecule has 0 aliphatic heterocycles. The van der Waals surface area contributed by atoms with Crippen LogP contribution in [0.5, 0.6) is 5.75 Å². The van der Waals surface area contributed by atoms with Crippen LogP contribution in [0.25, 0.3) is 11.4 Å². The number of benzene rings is 2. The number of methoxy groups -OCH3 is 1. The Morgan fingerprint density at radius 2 is 1.77 bits per heavy atom. The second-order valence-electron chi connectivity index (χ2n) is 8.14. The summed E-state index contributed by atoms with van der Waals surface area (Å²) < 4.78 is 7.22. The number of carbonyl (C=O) groups excluding carboxylic acids is 1. The van der Waals surface area contributed by atoms with Gasteiger partial charge in [0.05, 0.1) is 18.0 Å². The highest BCUT2D eigenvalue weighted by atomic mass is 32.2. The van der Waals surface area contributed by atoms with E-state index in [0.29, 0.717) is 16.6 Å². The Kier molecular flexibility index (Phi) is 6.51. The normalized spacial score (nSPS) is 12.5. The fraction of sp³-hybridized carbons (Fsp3) is 0.348. The molecule has 1 aromatic heterocycles. The Hall–Kier alpha value is -2.80. The number of anilines is 1. The van der Waals surface area contributed by atoms with E-state index in [9.17, 15) is 4.79 Å². The molecule has 3 rings (SSSR count). The molecule has 0 fully saturated rings. The van der Waals surface area contributed by atoms with Gasteiger partial charge in [-0.3, -0.25) is 4.79 Å².